The van der Waals surface area contributed by atoms with Crippen LogP contribution in [0.2, 0.25) is 0 Å². The second kappa shape index (κ2) is 4.97. The first-order valence-electron chi connectivity index (χ1n) is 4.82. The minimum atomic E-state index is -3.44. The summed E-state index contributed by atoms with van der Waals surface area (Å²) in [4.78, 5) is 12.9. The van der Waals surface area contributed by atoms with Crippen molar-refractivity contribution < 1.29 is 13.2 Å². The fraction of sp³-hybridized carbons (Fsp3) is 0.500. The number of hydrogen-bond donors (Lipinski definition) is 0. The second-order valence-electron chi connectivity index (χ2n) is 3.75. The molecule has 1 atom stereocenters. The van der Waals surface area contributed by atoms with Crippen molar-refractivity contribution in [3.63, 3.8) is 0 Å². The van der Waals surface area contributed by atoms with Crippen LogP contribution in [0.4, 0.5) is 0 Å². The Kier molecular flexibility index (Phi) is 4.09. The van der Waals surface area contributed by atoms with E-state index in [4.69, 9.17) is 0 Å². The van der Waals surface area contributed by atoms with Gasteiger partial charge in [0, 0.05) is 17.8 Å². The minimum absolute atomic E-state index is 0.321. The van der Waals surface area contributed by atoms with Crippen LogP contribution in [-0.4, -0.2) is 31.9 Å². The summed E-state index contributed by atoms with van der Waals surface area (Å²) in [6.45, 7) is 1.74. The van der Waals surface area contributed by atoms with Crippen molar-refractivity contribution in [2.45, 2.75) is 13.3 Å². The van der Waals surface area contributed by atoms with Crippen LogP contribution in [0, 0.1) is 5.92 Å². The van der Waals surface area contributed by atoms with Crippen LogP contribution >= 0.6 is 11.3 Å². The van der Waals surface area contributed by atoms with E-state index in [9.17, 15) is 13.2 Å². The molecule has 0 aromatic carbocycles. The number of carbonyl (C=O) groups excluding carboxylic acids is 1. The number of amides is 1. The van der Waals surface area contributed by atoms with E-state index in [0.717, 1.165) is 15.4 Å². The molecule has 0 fully saturated rings. The Bertz CT molecular complexity index is 450. The van der Waals surface area contributed by atoms with Crippen molar-refractivity contribution in [1.82, 2.24) is 4.31 Å². The maximum absolute atomic E-state index is 11.8. The van der Waals surface area contributed by atoms with Gasteiger partial charge < -0.3 is 0 Å². The quantitative estimate of drug-likeness (QED) is 0.822. The van der Waals surface area contributed by atoms with Crippen LogP contribution in [-0.2, 0) is 21.2 Å². The number of carbonyl (C=O) groups is 1. The lowest BCUT2D eigenvalue weighted by Crippen LogP contribution is -2.36. The molecule has 0 saturated heterocycles. The predicted octanol–water partition coefficient (Wildman–Crippen LogP) is 1.34. The largest absolute Gasteiger partial charge is 0.274 e. The van der Waals surface area contributed by atoms with Gasteiger partial charge in [-0.2, -0.15) is 0 Å². The van der Waals surface area contributed by atoms with Gasteiger partial charge in [-0.1, -0.05) is 13.0 Å². The molecule has 16 heavy (non-hydrogen) atoms. The molecule has 6 heteroatoms. The first-order valence-corrected chi connectivity index (χ1v) is 7.55. The van der Waals surface area contributed by atoms with Gasteiger partial charge in [0.15, 0.2) is 0 Å². The highest BCUT2D eigenvalue weighted by molar-refractivity contribution is 7.88. The van der Waals surface area contributed by atoms with Gasteiger partial charge in [0.2, 0.25) is 15.9 Å². The van der Waals surface area contributed by atoms with Gasteiger partial charge in [0.25, 0.3) is 0 Å². The molecule has 90 valence electrons. The zero-order valence-electron chi connectivity index (χ0n) is 9.50. The van der Waals surface area contributed by atoms with E-state index in [2.05, 4.69) is 0 Å². The van der Waals surface area contributed by atoms with Gasteiger partial charge in [0.1, 0.15) is 0 Å². The number of rotatable bonds is 4. The number of sulfonamides is 1. The van der Waals surface area contributed by atoms with Crippen LogP contribution in [0.15, 0.2) is 17.5 Å². The second-order valence-corrected chi connectivity index (χ2v) is 6.80. The third-order valence-corrected chi connectivity index (χ3v) is 4.39. The lowest BCUT2D eigenvalue weighted by molar-refractivity contribution is -0.129. The third-order valence-electron chi connectivity index (χ3n) is 2.32. The first kappa shape index (κ1) is 13.2. The average Bonchev–Trinajstić information content (AvgIpc) is 2.66. The minimum Gasteiger partial charge on any atom is -0.274 e. The molecular formula is C10H15NO3S2. The average molecular weight is 261 g/mol. The summed E-state index contributed by atoms with van der Waals surface area (Å²) in [6.07, 6.45) is 1.61. The Morgan fingerprint density at radius 3 is 2.62 bits per heavy atom. The van der Waals surface area contributed by atoms with Crippen molar-refractivity contribution in [1.29, 1.82) is 0 Å². The summed E-state index contributed by atoms with van der Waals surface area (Å²) < 4.78 is 23.2. The van der Waals surface area contributed by atoms with Gasteiger partial charge in [-0.3, -0.25) is 4.79 Å². The van der Waals surface area contributed by atoms with E-state index in [0.29, 0.717) is 6.42 Å². The Labute approximate surface area is 99.9 Å². The molecule has 0 spiro atoms. The lowest BCUT2D eigenvalue weighted by atomic mass is 10.1. The van der Waals surface area contributed by atoms with Crippen molar-refractivity contribution >= 4 is 27.3 Å². The molecule has 0 radical (unpaired) electrons. The molecular weight excluding hydrogens is 246 g/mol. The highest BCUT2D eigenvalue weighted by atomic mass is 32.2. The highest BCUT2D eigenvalue weighted by Gasteiger charge is 2.24. The van der Waals surface area contributed by atoms with E-state index in [-0.39, 0.29) is 11.8 Å². The van der Waals surface area contributed by atoms with Crippen LogP contribution in [0.25, 0.3) is 0 Å². The SMILES string of the molecule is CC(Cc1cccs1)C(=O)N(C)S(C)(=O)=O. The van der Waals surface area contributed by atoms with Gasteiger partial charge in [0.05, 0.1) is 6.26 Å². The van der Waals surface area contributed by atoms with Gasteiger partial charge in [-0.25, -0.2) is 12.7 Å². The van der Waals surface area contributed by atoms with E-state index in [1.165, 1.54) is 7.05 Å². The van der Waals surface area contributed by atoms with Crippen LogP contribution in [0.3, 0.4) is 0 Å². The summed E-state index contributed by atoms with van der Waals surface area (Å²) in [6, 6.07) is 3.85. The molecule has 0 saturated carbocycles. The summed E-state index contributed by atoms with van der Waals surface area (Å²) >= 11 is 1.57. The van der Waals surface area contributed by atoms with E-state index in [1.807, 2.05) is 17.5 Å². The fourth-order valence-electron chi connectivity index (χ4n) is 1.29. The summed E-state index contributed by atoms with van der Waals surface area (Å²) in [5.41, 5.74) is 0. The van der Waals surface area contributed by atoms with Crippen LogP contribution in [0.5, 0.6) is 0 Å². The van der Waals surface area contributed by atoms with E-state index in [1.54, 1.807) is 18.3 Å². The predicted molar refractivity (Wildman–Crippen MR) is 64.8 cm³/mol. The zero-order valence-corrected chi connectivity index (χ0v) is 11.1. The van der Waals surface area contributed by atoms with E-state index >= 15 is 0 Å². The smallest absolute Gasteiger partial charge is 0.238 e. The van der Waals surface area contributed by atoms with Crippen molar-refractivity contribution in [2.75, 3.05) is 13.3 Å². The lowest BCUT2D eigenvalue weighted by Gasteiger charge is -2.18. The maximum atomic E-state index is 11.8. The Balaban J connectivity index is 2.68. The number of nitrogens with zero attached hydrogens (tertiary/aromatic N) is 1. The molecule has 1 unspecified atom stereocenters. The zero-order chi connectivity index (χ0) is 12.3. The van der Waals surface area contributed by atoms with Gasteiger partial charge in [-0.05, 0) is 17.9 Å². The molecule has 0 bridgehead atoms. The van der Waals surface area contributed by atoms with Gasteiger partial charge >= 0.3 is 0 Å². The molecule has 0 aliphatic carbocycles. The van der Waals surface area contributed by atoms with Crippen LogP contribution < -0.4 is 0 Å². The molecule has 1 aromatic heterocycles. The molecule has 0 aliphatic rings. The Morgan fingerprint density at radius 2 is 2.19 bits per heavy atom. The van der Waals surface area contributed by atoms with Crippen LogP contribution in [0.1, 0.15) is 11.8 Å². The molecule has 1 rings (SSSR count). The summed E-state index contributed by atoms with van der Waals surface area (Å²) in [5, 5.41) is 1.94. The molecule has 0 N–H and O–H groups in total. The molecule has 1 aromatic rings. The normalized spacial score (nSPS) is 13.4. The number of thiophene rings is 1. The topological polar surface area (TPSA) is 54.5 Å². The molecule has 0 aliphatic heterocycles. The van der Waals surface area contributed by atoms with Crippen molar-refractivity contribution in [3.8, 4) is 0 Å². The Hall–Kier alpha value is -0.880. The van der Waals surface area contributed by atoms with Crippen molar-refractivity contribution in [3.05, 3.63) is 22.4 Å². The van der Waals surface area contributed by atoms with Crippen molar-refractivity contribution in [2.24, 2.45) is 5.92 Å². The molecule has 1 amide bonds. The van der Waals surface area contributed by atoms with Gasteiger partial charge in [-0.15, -0.1) is 11.3 Å². The van der Waals surface area contributed by atoms with E-state index < -0.39 is 10.0 Å². The fourth-order valence-corrected chi connectivity index (χ4v) is 2.63. The summed E-state index contributed by atoms with van der Waals surface area (Å²) in [7, 11) is -2.14. The number of hydrogen-bond acceptors (Lipinski definition) is 4. The maximum Gasteiger partial charge on any atom is 0.238 e. The molecule has 1 heterocycles. The summed E-state index contributed by atoms with van der Waals surface area (Å²) in [5.74, 6) is -0.686. The molecule has 4 nitrogen and oxygen atoms in total. The third kappa shape index (κ3) is 3.31. The highest BCUT2D eigenvalue weighted by Crippen LogP contribution is 2.16. The monoisotopic (exact) mass is 261 g/mol. The standard InChI is InChI=1S/C10H15NO3S2/c1-8(7-9-5-4-6-15-9)10(12)11(2)16(3,13)14/h4-6,8H,7H2,1-3H3. The first-order chi connectivity index (χ1) is 7.32. The Morgan fingerprint density at radius 1 is 1.56 bits per heavy atom.